The molecule has 0 bridgehead atoms. The van der Waals surface area contributed by atoms with Gasteiger partial charge in [-0.1, -0.05) is 0 Å². The van der Waals surface area contributed by atoms with Crippen LogP contribution in [-0.4, -0.2) is 68.4 Å². The number of carbonyl (C=O) groups is 2. The van der Waals surface area contributed by atoms with Crippen LogP contribution in [0.15, 0.2) is 18.2 Å². The van der Waals surface area contributed by atoms with E-state index in [9.17, 15) is 35.9 Å². The van der Waals surface area contributed by atoms with Crippen LogP contribution in [0.2, 0.25) is 0 Å². The van der Waals surface area contributed by atoms with Crippen LogP contribution in [0.4, 0.5) is 31.1 Å². The molecule has 38 heavy (non-hydrogen) atoms. The first-order valence-corrected chi connectivity index (χ1v) is 12.2. The van der Waals surface area contributed by atoms with Gasteiger partial charge in [0.25, 0.3) is 0 Å². The number of ether oxygens (including phenoxy) is 2. The van der Waals surface area contributed by atoms with Gasteiger partial charge in [-0.15, -0.1) is 0 Å². The number of rotatable bonds is 6. The topological polar surface area (TPSA) is 106 Å². The third-order valence-electron chi connectivity index (χ3n) is 7.80. The molecule has 0 spiro atoms. The van der Waals surface area contributed by atoms with Gasteiger partial charge >= 0.3 is 18.4 Å². The second-order valence-corrected chi connectivity index (χ2v) is 10.2. The molecule has 1 saturated carbocycles. The van der Waals surface area contributed by atoms with E-state index in [1.807, 2.05) is 0 Å². The van der Waals surface area contributed by atoms with Crippen LogP contribution in [-0.2, 0) is 33.2 Å². The van der Waals surface area contributed by atoms with Crippen LogP contribution in [0, 0.1) is 11.3 Å². The molecule has 2 saturated heterocycles. The van der Waals surface area contributed by atoms with Gasteiger partial charge in [0.15, 0.2) is 0 Å². The largest absolute Gasteiger partial charge is 0.416 e. The Morgan fingerprint density at radius 1 is 1.16 bits per heavy atom. The number of likely N-dealkylation sites (tertiary alicyclic amines) is 1. The van der Waals surface area contributed by atoms with E-state index in [1.165, 1.54) is 4.90 Å². The van der Waals surface area contributed by atoms with Crippen LogP contribution in [0.1, 0.15) is 36.0 Å². The van der Waals surface area contributed by atoms with E-state index in [4.69, 9.17) is 15.2 Å². The SMILES string of the molecule is CO[C@@H]1COCC[C@@H]1N[C@@H]1C[C@H]2CN(C(N)=O)C[C@@]2(C(=O)NCc2cc(C(F)(F)F)cc(C(F)(F)F)c2)C1. The van der Waals surface area contributed by atoms with Gasteiger partial charge in [-0.05, 0) is 48.9 Å². The summed E-state index contributed by atoms with van der Waals surface area (Å²) in [5.74, 6) is -0.836. The van der Waals surface area contributed by atoms with Crippen LogP contribution in [0.5, 0.6) is 0 Å². The Bertz CT molecular complexity index is 1020. The van der Waals surface area contributed by atoms with Gasteiger partial charge in [0, 0.05) is 45.4 Å². The van der Waals surface area contributed by atoms with Crippen molar-refractivity contribution in [3.63, 3.8) is 0 Å². The lowest BCUT2D eigenvalue weighted by molar-refractivity contribution is -0.143. The third kappa shape index (κ3) is 5.86. The van der Waals surface area contributed by atoms with Gasteiger partial charge in [-0.2, -0.15) is 26.3 Å². The number of fused-ring (bicyclic) bond motifs is 1. The predicted molar refractivity (Wildman–Crippen MR) is 122 cm³/mol. The summed E-state index contributed by atoms with van der Waals surface area (Å²) in [4.78, 5) is 26.7. The molecule has 0 aromatic heterocycles. The molecule has 5 atom stereocenters. The number of benzene rings is 1. The lowest BCUT2D eigenvalue weighted by atomic mass is 9.79. The molecule has 4 rings (SSSR count). The van der Waals surface area contributed by atoms with Crippen molar-refractivity contribution in [1.29, 1.82) is 0 Å². The number of carbonyl (C=O) groups excluding carboxylic acids is 2. The van der Waals surface area contributed by atoms with Crippen molar-refractivity contribution in [2.24, 2.45) is 17.1 Å². The number of amides is 3. The highest BCUT2D eigenvalue weighted by molar-refractivity contribution is 5.86. The van der Waals surface area contributed by atoms with E-state index < -0.39 is 47.4 Å². The minimum Gasteiger partial charge on any atom is -0.379 e. The van der Waals surface area contributed by atoms with E-state index in [2.05, 4.69) is 10.6 Å². The highest BCUT2D eigenvalue weighted by Gasteiger charge is 2.58. The fourth-order valence-corrected chi connectivity index (χ4v) is 5.93. The average Bonchev–Trinajstić information content (AvgIpc) is 3.37. The van der Waals surface area contributed by atoms with Crippen molar-refractivity contribution >= 4 is 11.9 Å². The Labute approximate surface area is 215 Å². The zero-order valence-electron chi connectivity index (χ0n) is 20.6. The summed E-state index contributed by atoms with van der Waals surface area (Å²) < 4.78 is 90.3. The summed E-state index contributed by atoms with van der Waals surface area (Å²) in [7, 11) is 1.58. The number of nitrogens with two attached hydrogens (primary N) is 1. The quantitative estimate of drug-likeness (QED) is 0.471. The molecule has 1 aliphatic carbocycles. The van der Waals surface area contributed by atoms with Gasteiger partial charge in [0.1, 0.15) is 0 Å². The summed E-state index contributed by atoms with van der Waals surface area (Å²) >= 11 is 0. The maximum absolute atomic E-state index is 13.5. The first kappa shape index (κ1) is 28.4. The molecule has 3 amide bonds. The maximum Gasteiger partial charge on any atom is 0.416 e. The molecule has 1 aromatic carbocycles. The molecule has 2 aliphatic heterocycles. The third-order valence-corrected chi connectivity index (χ3v) is 7.80. The Hall–Kier alpha value is -2.58. The summed E-state index contributed by atoms with van der Waals surface area (Å²) in [5, 5.41) is 6.06. The zero-order valence-corrected chi connectivity index (χ0v) is 20.6. The number of nitrogens with one attached hydrogen (secondary N) is 2. The summed E-state index contributed by atoms with van der Waals surface area (Å²) in [6.45, 7) is 0.660. The number of primary amides is 1. The van der Waals surface area contributed by atoms with Crippen molar-refractivity contribution in [2.45, 2.75) is 56.3 Å². The monoisotopic (exact) mass is 552 g/mol. The van der Waals surface area contributed by atoms with Gasteiger partial charge in [0.2, 0.25) is 5.91 Å². The number of urea groups is 1. The molecule has 3 aliphatic rings. The first-order chi connectivity index (χ1) is 17.7. The Kier molecular flexibility index (Phi) is 7.88. The van der Waals surface area contributed by atoms with Crippen LogP contribution >= 0.6 is 0 Å². The standard InChI is InChI=1S/C24H30F6N4O4/c1-37-19-11-38-3-2-18(19)33-17-7-16-10-34(21(31)36)12-22(16,8-17)20(35)32-9-13-4-14(23(25,26)27)6-15(5-13)24(28,29)30/h4-6,16-19,33H,2-3,7-12H2,1H3,(H2,31,36)(H,32,35)/t16-,17+,18-,19+,22-/m0/s1. The molecule has 2 heterocycles. The summed E-state index contributed by atoms with van der Waals surface area (Å²) in [6.07, 6.45) is -8.62. The van der Waals surface area contributed by atoms with E-state index in [0.717, 1.165) is 0 Å². The fourth-order valence-electron chi connectivity index (χ4n) is 5.93. The molecular weight excluding hydrogens is 522 g/mol. The Morgan fingerprint density at radius 2 is 1.82 bits per heavy atom. The number of methoxy groups -OCH3 is 1. The zero-order chi connectivity index (χ0) is 27.9. The van der Waals surface area contributed by atoms with Gasteiger partial charge < -0.3 is 30.7 Å². The Morgan fingerprint density at radius 3 is 2.39 bits per heavy atom. The molecule has 14 heteroatoms. The predicted octanol–water partition coefficient (Wildman–Crippen LogP) is 2.89. The van der Waals surface area contributed by atoms with E-state index >= 15 is 0 Å². The highest BCUT2D eigenvalue weighted by Crippen LogP contribution is 2.49. The summed E-state index contributed by atoms with van der Waals surface area (Å²) in [5.41, 5.74) is 1.12. The highest BCUT2D eigenvalue weighted by atomic mass is 19.4. The summed E-state index contributed by atoms with van der Waals surface area (Å²) in [6, 6.07) is 0.377. The van der Waals surface area contributed by atoms with E-state index in [-0.39, 0.29) is 48.8 Å². The maximum atomic E-state index is 13.5. The molecule has 0 radical (unpaired) electrons. The minimum absolute atomic E-state index is 0.00882. The van der Waals surface area contributed by atoms with Crippen molar-refractivity contribution in [3.8, 4) is 0 Å². The number of nitrogens with zero attached hydrogens (tertiary/aromatic N) is 1. The number of hydrogen-bond donors (Lipinski definition) is 3. The molecule has 1 aromatic rings. The van der Waals surface area contributed by atoms with Crippen LogP contribution < -0.4 is 16.4 Å². The van der Waals surface area contributed by atoms with Crippen LogP contribution in [0.3, 0.4) is 0 Å². The van der Waals surface area contributed by atoms with Gasteiger partial charge in [-0.3, -0.25) is 4.79 Å². The first-order valence-electron chi connectivity index (χ1n) is 12.2. The van der Waals surface area contributed by atoms with Gasteiger partial charge in [-0.25, -0.2) is 4.79 Å². The smallest absolute Gasteiger partial charge is 0.379 e. The Balaban J connectivity index is 1.52. The lowest BCUT2D eigenvalue weighted by Gasteiger charge is -2.34. The second-order valence-electron chi connectivity index (χ2n) is 10.2. The van der Waals surface area contributed by atoms with Gasteiger partial charge in [0.05, 0.1) is 29.3 Å². The minimum atomic E-state index is -4.99. The second kappa shape index (κ2) is 10.5. The fraction of sp³-hybridized carbons (Fsp3) is 0.667. The molecular formula is C24H30F6N4O4. The number of hydrogen-bond acceptors (Lipinski definition) is 5. The van der Waals surface area contributed by atoms with E-state index in [1.54, 1.807) is 7.11 Å². The molecule has 8 nitrogen and oxygen atoms in total. The lowest BCUT2D eigenvalue weighted by Crippen LogP contribution is -2.52. The number of alkyl halides is 6. The van der Waals surface area contributed by atoms with Crippen molar-refractivity contribution in [1.82, 2.24) is 15.5 Å². The molecule has 3 fully saturated rings. The van der Waals surface area contributed by atoms with Crippen LogP contribution in [0.25, 0.3) is 0 Å². The number of halogens is 6. The molecule has 212 valence electrons. The average molecular weight is 553 g/mol. The van der Waals surface area contributed by atoms with E-state index in [0.29, 0.717) is 44.6 Å². The molecule has 0 unspecified atom stereocenters. The van der Waals surface area contributed by atoms with Crippen molar-refractivity contribution in [2.75, 3.05) is 33.4 Å². The molecule has 4 N–H and O–H groups in total. The van der Waals surface area contributed by atoms with Crippen molar-refractivity contribution in [3.05, 3.63) is 34.9 Å². The van der Waals surface area contributed by atoms with Crippen molar-refractivity contribution < 1.29 is 45.4 Å². The normalized spacial score (nSPS) is 29.8.